The van der Waals surface area contributed by atoms with Crippen LogP contribution in [0.3, 0.4) is 0 Å². The number of nitrogens with zero attached hydrogens (tertiary/aromatic N) is 5. The third kappa shape index (κ3) is 12.5. The van der Waals surface area contributed by atoms with Gasteiger partial charge in [0.25, 0.3) is 0 Å². The number of phosphoric ester groups is 3. The normalized spacial score (nSPS) is 22.0. The maximum Gasteiger partial charge on any atom is 0.481 e. The molecule has 28 heteroatoms. The third-order valence-corrected chi connectivity index (χ3v) is 11.4. The molecule has 24 nitrogen and oxygen atoms in total. The second-order valence-corrected chi connectivity index (χ2v) is 17.4. The number of aliphatic hydroxyl groups excluding tert-OH is 2. The Balaban J connectivity index is 1.25. The van der Waals surface area contributed by atoms with Gasteiger partial charge in [0, 0.05) is 36.9 Å². The summed E-state index contributed by atoms with van der Waals surface area (Å²) in [5, 5.41) is 27.3. The van der Waals surface area contributed by atoms with Crippen molar-refractivity contribution in [3.8, 4) is 0 Å². The number of rotatable bonds is 20. The summed E-state index contributed by atoms with van der Waals surface area (Å²) < 4.78 is 62.1. The highest BCUT2D eigenvalue weighted by Crippen LogP contribution is 2.61. The summed E-state index contributed by atoms with van der Waals surface area (Å²) in [5.41, 5.74) is 4.29. The van der Waals surface area contributed by atoms with Crippen LogP contribution in [0, 0.1) is 5.41 Å². The molecule has 2 unspecified atom stereocenters. The molecule has 54 heavy (non-hydrogen) atoms. The van der Waals surface area contributed by atoms with Gasteiger partial charge < -0.3 is 50.9 Å². The van der Waals surface area contributed by atoms with E-state index in [1.54, 1.807) is 12.3 Å². The molecule has 1 fully saturated rings. The number of nitrogens with two attached hydrogens (primary N) is 1. The number of fused-ring (bicyclic) bond motifs is 1. The quantitative estimate of drug-likeness (QED) is 0.0396. The summed E-state index contributed by atoms with van der Waals surface area (Å²) >= 11 is 1.44. The number of aliphatic hydroxyl groups is 2. The van der Waals surface area contributed by atoms with Crippen LogP contribution >= 0.6 is 35.2 Å². The average Bonchev–Trinajstić information content (AvgIpc) is 3.65. The van der Waals surface area contributed by atoms with Crippen molar-refractivity contribution in [1.82, 2.24) is 35.1 Å². The van der Waals surface area contributed by atoms with Gasteiger partial charge in [-0.2, -0.15) is 4.31 Å². The van der Waals surface area contributed by atoms with Crippen LogP contribution in [-0.4, -0.2) is 123 Å². The molecule has 7 atom stereocenters. The van der Waals surface area contributed by atoms with E-state index in [2.05, 4.69) is 39.4 Å². The van der Waals surface area contributed by atoms with Gasteiger partial charge in [-0.1, -0.05) is 19.9 Å². The molecule has 0 saturated carbocycles. The summed E-state index contributed by atoms with van der Waals surface area (Å²) in [6, 6.07) is 5.45. The Morgan fingerprint density at radius 1 is 1.06 bits per heavy atom. The second kappa shape index (κ2) is 18.3. The van der Waals surface area contributed by atoms with Crippen molar-refractivity contribution in [3.05, 3.63) is 37.1 Å². The zero-order valence-electron chi connectivity index (χ0n) is 28.4. The number of imidazole rings is 1. The van der Waals surface area contributed by atoms with Gasteiger partial charge in [-0.05, 0) is 12.1 Å². The monoisotopic (exact) mass is 844 g/mol. The lowest BCUT2D eigenvalue weighted by molar-refractivity contribution is -0.137. The van der Waals surface area contributed by atoms with Gasteiger partial charge in [0.2, 0.25) is 11.8 Å². The number of amides is 2. The Hall–Kier alpha value is -2.96. The highest BCUT2D eigenvalue weighted by atomic mass is 32.2. The van der Waals surface area contributed by atoms with Crippen LogP contribution in [0.25, 0.3) is 11.2 Å². The summed E-state index contributed by atoms with van der Waals surface area (Å²) in [6.45, 7) is 0.737. The van der Waals surface area contributed by atoms with Crippen molar-refractivity contribution >= 4 is 64.0 Å². The zero-order valence-corrected chi connectivity index (χ0v) is 31.9. The fourth-order valence-electron chi connectivity index (χ4n) is 4.72. The standard InChI is InChI=1S/C26H39N8O16P3S/c1-26(2,21(37)24(38)30-8-6-16(35)28-9-10-54-17-5-3-4-7-29-17)12-47-53(44,45)50-52(42,43)46-11-15-20(49-51(39,40)41)19(36)25(48-15)34-14-33-18-22(27)31-13-32-23(18)34/h3-5,7,13-15,19-21,25,36-37H,6,8-12H2,1-2H3,(H,28,35)(H,30,38)(H,42,43)(H,44,45)(H2,27,31,32)(H2,39,40,41)/t15-,19-,20-,21+,25-/m1/s1. The Morgan fingerprint density at radius 3 is 2.46 bits per heavy atom. The van der Waals surface area contributed by atoms with Gasteiger partial charge >= 0.3 is 23.5 Å². The molecule has 1 saturated heterocycles. The molecule has 1 aliphatic heterocycles. The molecule has 1 aliphatic rings. The van der Waals surface area contributed by atoms with Crippen molar-refractivity contribution in [2.45, 2.75) is 55.9 Å². The average molecular weight is 845 g/mol. The fourth-order valence-corrected chi connectivity index (χ4v) is 8.27. The molecule has 0 aromatic carbocycles. The predicted molar refractivity (Wildman–Crippen MR) is 185 cm³/mol. The van der Waals surface area contributed by atoms with E-state index in [0.29, 0.717) is 12.3 Å². The predicted octanol–water partition coefficient (Wildman–Crippen LogP) is -0.408. The maximum absolute atomic E-state index is 12.7. The maximum atomic E-state index is 12.7. The van der Waals surface area contributed by atoms with Gasteiger partial charge in [-0.3, -0.25) is 27.7 Å². The molecular formula is C26H39N8O16P3S. The number of ether oxygens (including phenoxy) is 1. The van der Waals surface area contributed by atoms with Gasteiger partial charge in [-0.25, -0.2) is 33.6 Å². The van der Waals surface area contributed by atoms with Gasteiger partial charge in [-0.15, -0.1) is 11.8 Å². The van der Waals surface area contributed by atoms with E-state index in [4.69, 9.17) is 19.5 Å². The number of carbonyl (C=O) groups is 2. The van der Waals surface area contributed by atoms with E-state index < -0.39 is 78.6 Å². The SMILES string of the molecule is CC(C)(COP(=O)(O)OP(=O)(O)OC[C@H]1O[C@@H](n2cnc3c(N)ncnc32)[C@H](O)[C@@H]1OP(=O)(O)O)[C@@H](O)C(=O)NCCC(=O)NCCSc1ccccn1. The second-order valence-electron chi connectivity index (χ2n) is 12.1. The lowest BCUT2D eigenvalue weighted by atomic mass is 9.87. The Morgan fingerprint density at radius 2 is 1.78 bits per heavy atom. The molecule has 0 bridgehead atoms. The lowest BCUT2D eigenvalue weighted by Gasteiger charge is -2.30. The Bertz CT molecular complexity index is 1910. The van der Waals surface area contributed by atoms with E-state index in [-0.39, 0.29) is 35.9 Å². The van der Waals surface area contributed by atoms with Crippen molar-refractivity contribution in [2.24, 2.45) is 5.41 Å². The molecule has 3 aromatic heterocycles. The smallest absolute Gasteiger partial charge is 0.386 e. The largest absolute Gasteiger partial charge is 0.481 e. The van der Waals surface area contributed by atoms with Crippen LogP contribution in [-0.2, 0) is 45.9 Å². The van der Waals surface area contributed by atoms with E-state index in [9.17, 15) is 53.1 Å². The van der Waals surface area contributed by atoms with Crippen molar-refractivity contribution in [2.75, 3.05) is 37.8 Å². The minimum absolute atomic E-state index is 0.0359. The molecule has 4 heterocycles. The molecule has 0 aliphatic carbocycles. The number of aromatic nitrogens is 5. The number of thioether (sulfide) groups is 1. The lowest BCUT2D eigenvalue weighted by Crippen LogP contribution is -2.46. The molecule has 2 amide bonds. The van der Waals surface area contributed by atoms with E-state index >= 15 is 0 Å². The van der Waals surface area contributed by atoms with Crippen molar-refractivity contribution in [3.63, 3.8) is 0 Å². The third-order valence-electron chi connectivity index (χ3n) is 7.39. The highest BCUT2D eigenvalue weighted by Gasteiger charge is 2.50. The number of pyridine rings is 1. The van der Waals surface area contributed by atoms with E-state index in [1.807, 2.05) is 12.1 Å². The summed E-state index contributed by atoms with van der Waals surface area (Å²) in [7, 11) is -16.3. The topological polar surface area (TPSA) is 359 Å². The fraction of sp³-hybridized carbons (Fsp3) is 0.538. The number of hydrogen-bond acceptors (Lipinski definition) is 18. The van der Waals surface area contributed by atoms with Crippen LogP contribution in [0.2, 0.25) is 0 Å². The van der Waals surface area contributed by atoms with Crippen molar-refractivity contribution < 1.29 is 75.7 Å². The first-order valence-electron chi connectivity index (χ1n) is 15.6. The van der Waals surface area contributed by atoms with Crippen LogP contribution in [0.4, 0.5) is 5.82 Å². The number of hydrogen-bond donors (Lipinski definition) is 9. The van der Waals surface area contributed by atoms with E-state index in [0.717, 1.165) is 22.2 Å². The number of nitrogen functional groups attached to an aromatic ring is 1. The number of phosphoric acid groups is 3. The first-order valence-corrected chi connectivity index (χ1v) is 21.1. The Labute approximate surface area is 310 Å². The Kier molecular flexibility index (Phi) is 14.9. The number of anilines is 1. The molecular weight excluding hydrogens is 805 g/mol. The number of nitrogens with one attached hydrogen (secondary N) is 2. The van der Waals surface area contributed by atoms with E-state index in [1.165, 1.54) is 25.6 Å². The molecule has 4 rings (SSSR count). The molecule has 300 valence electrons. The molecule has 10 N–H and O–H groups in total. The zero-order chi connectivity index (χ0) is 39.9. The summed E-state index contributed by atoms with van der Waals surface area (Å²) in [5.74, 6) is -0.791. The molecule has 3 aromatic rings. The van der Waals surface area contributed by atoms with Crippen molar-refractivity contribution in [1.29, 1.82) is 0 Å². The number of carbonyl (C=O) groups excluding carboxylic acids is 2. The first-order chi connectivity index (χ1) is 25.2. The van der Waals surface area contributed by atoms with Crippen LogP contribution in [0.1, 0.15) is 26.5 Å². The first kappa shape index (κ1) is 43.8. The van der Waals surface area contributed by atoms with Crippen LogP contribution in [0.5, 0.6) is 0 Å². The molecule has 0 radical (unpaired) electrons. The molecule has 0 spiro atoms. The highest BCUT2D eigenvalue weighted by molar-refractivity contribution is 7.99. The van der Waals surface area contributed by atoms with Crippen LogP contribution in [0.15, 0.2) is 42.1 Å². The summed E-state index contributed by atoms with van der Waals surface area (Å²) in [4.78, 5) is 79.7. The van der Waals surface area contributed by atoms with Gasteiger partial charge in [0.15, 0.2) is 17.7 Å². The van der Waals surface area contributed by atoms with Gasteiger partial charge in [0.1, 0.15) is 36.3 Å². The van der Waals surface area contributed by atoms with Gasteiger partial charge in [0.05, 0.1) is 24.6 Å². The minimum Gasteiger partial charge on any atom is -0.386 e. The van der Waals surface area contributed by atoms with Crippen LogP contribution < -0.4 is 16.4 Å². The minimum atomic E-state index is -5.55. The summed E-state index contributed by atoms with van der Waals surface area (Å²) in [6.07, 6.45) is -5.14.